The van der Waals surface area contributed by atoms with Crippen molar-refractivity contribution in [3.63, 3.8) is 0 Å². The van der Waals surface area contributed by atoms with Crippen molar-refractivity contribution in [2.75, 3.05) is 0 Å². The van der Waals surface area contributed by atoms with Crippen LogP contribution < -0.4 is 17.0 Å². The van der Waals surface area contributed by atoms with Gasteiger partial charge in [-0.05, 0) is 0 Å². The Bertz CT molecular complexity index is 7.51. The quantitative estimate of drug-likeness (QED) is 0.454. The molecule has 0 heterocycles. The molecule has 0 aliphatic rings. The molecule has 0 aliphatic carbocycles. The van der Waals surface area contributed by atoms with Crippen LogP contribution in [-0.2, 0) is 0 Å². The first-order chi connectivity index (χ1) is 2.00. The molecule has 0 aliphatic heterocycles. The fourth-order valence-electron chi connectivity index (χ4n) is 0. The molecule has 38 valence electrons. The Morgan fingerprint density at radius 1 is 0.833 bits per heavy atom. The standard InChI is InChI=1S/2C2H5.BrH.Sn/c2*1-2;;/h2*1H2,2H3;1H;/p-1. The van der Waals surface area contributed by atoms with Gasteiger partial charge in [-0.1, -0.05) is 27.7 Å². The summed E-state index contributed by atoms with van der Waals surface area (Å²) >= 11 is 0. The Hall–Kier alpha value is 1.28. The van der Waals surface area contributed by atoms with Gasteiger partial charge in [0.05, 0.1) is 0 Å². The molecule has 6 heavy (non-hydrogen) atoms. The number of hydrogen-bond donors (Lipinski definition) is 0. The number of rotatable bonds is 0. The molecule has 0 bridgehead atoms. The van der Waals surface area contributed by atoms with Crippen LogP contribution in [0.5, 0.6) is 0 Å². The predicted molar refractivity (Wildman–Crippen MR) is 27.8 cm³/mol. The summed E-state index contributed by atoms with van der Waals surface area (Å²) in [6, 6.07) is 0. The van der Waals surface area contributed by atoms with E-state index in [9.17, 15) is 0 Å². The molecule has 0 aromatic heterocycles. The second kappa shape index (κ2) is 107. The van der Waals surface area contributed by atoms with E-state index < -0.39 is 0 Å². The fraction of sp³-hybridized carbons (Fsp3) is 0.500. The van der Waals surface area contributed by atoms with Gasteiger partial charge in [0.2, 0.25) is 0 Å². The first-order valence-corrected chi connectivity index (χ1v) is 1.41. The predicted octanol–water partition coefficient (Wildman–Crippen LogP) is -1.70. The van der Waals surface area contributed by atoms with Gasteiger partial charge in [0, 0.05) is 23.9 Å². The molecule has 0 unspecified atom stereocenters. The van der Waals surface area contributed by atoms with Crippen LogP contribution in [0.4, 0.5) is 0 Å². The molecule has 6 radical (unpaired) electrons. The van der Waals surface area contributed by atoms with Crippen LogP contribution in [0.3, 0.4) is 0 Å². The number of halogens is 1. The van der Waals surface area contributed by atoms with E-state index in [1.807, 2.05) is 0 Å². The van der Waals surface area contributed by atoms with Gasteiger partial charge in [-0.3, -0.25) is 0 Å². The van der Waals surface area contributed by atoms with Crippen molar-refractivity contribution in [3.05, 3.63) is 13.8 Å². The van der Waals surface area contributed by atoms with Crippen molar-refractivity contribution in [1.82, 2.24) is 0 Å². The normalized spacial score (nSPS) is 2.00. The smallest absolute Gasteiger partial charge is 0 e. The SMILES string of the molecule is [Br-].[CH2]C.[CH2]C.[Sn]. The van der Waals surface area contributed by atoms with Crippen molar-refractivity contribution < 1.29 is 17.0 Å². The summed E-state index contributed by atoms with van der Waals surface area (Å²) in [7, 11) is 0. The Labute approximate surface area is 68.4 Å². The third-order valence-corrected chi connectivity index (χ3v) is 0. The topological polar surface area (TPSA) is 0 Å². The molecule has 0 rings (SSSR count). The van der Waals surface area contributed by atoms with E-state index in [2.05, 4.69) is 13.8 Å². The van der Waals surface area contributed by atoms with Crippen LogP contribution in [0.2, 0.25) is 0 Å². The summed E-state index contributed by atoms with van der Waals surface area (Å²) in [5.41, 5.74) is 0. The molecule has 0 amide bonds. The van der Waals surface area contributed by atoms with Crippen molar-refractivity contribution in [3.8, 4) is 0 Å². The maximum absolute atomic E-state index is 3.25. The second-order valence-electron chi connectivity index (χ2n) is 0. The van der Waals surface area contributed by atoms with Gasteiger partial charge in [0.25, 0.3) is 0 Å². The fourth-order valence-corrected chi connectivity index (χ4v) is 0. The zero-order chi connectivity index (χ0) is 4.00. The minimum atomic E-state index is 0. The second-order valence-corrected chi connectivity index (χ2v) is 0. The third-order valence-electron chi connectivity index (χ3n) is 0. The maximum atomic E-state index is 3.25. The average Bonchev–Trinajstić information content (AvgIpc) is 1.50. The Balaban J connectivity index is -0.00000000500. The van der Waals surface area contributed by atoms with Crippen molar-refractivity contribution >= 4 is 23.9 Å². The zero-order valence-corrected chi connectivity index (χ0v) is 8.73. The van der Waals surface area contributed by atoms with Crippen LogP contribution in [-0.4, -0.2) is 23.9 Å². The molecule has 0 fully saturated rings. The molecule has 0 N–H and O–H groups in total. The molecule has 2 heteroatoms. The molecular weight excluding hydrogens is 247 g/mol. The van der Waals surface area contributed by atoms with E-state index >= 15 is 0 Å². The first kappa shape index (κ1) is 26.7. The average molecular weight is 257 g/mol. The van der Waals surface area contributed by atoms with Gasteiger partial charge in [0.15, 0.2) is 0 Å². The van der Waals surface area contributed by atoms with E-state index in [4.69, 9.17) is 0 Å². The Morgan fingerprint density at radius 2 is 0.833 bits per heavy atom. The maximum Gasteiger partial charge on any atom is 0 e. The third kappa shape index (κ3) is 59.1. The summed E-state index contributed by atoms with van der Waals surface area (Å²) in [4.78, 5) is 0. The molecule has 0 saturated carbocycles. The van der Waals surface area contributed by atoms with E-state index in [1.165, 1.54) is 0 Å². The van der Waals surface area contributed by atoms with Gasteiger partial charge >= 0.3 is 0 Å². The summed E-state index contributed by atoms with van der Waals surface area (Å²) in [5, 5.41) is 0. The van der Waals surface area contributed by atoms with Crippen LogP contribution in [0.25, 0.3) is 0 Å². The van der Waals surface area contributed by atoms with Gasteiger partial charge in [-0.25, -0.2) is 0 Å². The van der Waals surface area contributed by atoms with E-state index in [0.29, 0.717) is 0 Å². The van der Waals surface area contributed by atoms with Gasteiger partial charge in [0.1, 0.15) is 0 Å². The Kier molecular flexibility index (Phi) is 476. The van der Waals surface area contributed by atoms with E-state index in [1.54, 1.807) is 13.8 Å². The molecule has 0 aromatic carbocycles. The van der Waals surface area contributed by atoms with Crippen molar-refractivity contribution in [1.29, 1.82) is 0 Å². The molecular formula is C4H10BrSn-. The van der Waals surface area contributed by atoms with Gasteiger partial charge < -0.3 is 17.0 Å². The first-order valence-electron chi connectivity index (χ1n) is 1.41. The molecule has 0 spiro atoms. The molecule has 0 atom stereocenters. The molecule has 0 saturated heterocycles. The zero-order valence-electron chi connectivity index (χ0n) is 4.29. The molecule has 0 aromatic rings. The van der Waals surface area contributed by atoms with Crippen LogP contribution in [0, 0.1) is 13.8 Å². The van der Waals surface area contributed by atoms with Crippen LogP contribution in [0.15, 0.2) is 0 Å². The monoisotopic (exact) mass is 257 g/mol. The Morgan fingerprint density at radius 3 is 0.833 bits per heavy atom. The van der Waals surface area contributed by atoms with Crippen LogP contribution >= 0.6 is 0 Å². The van der Waals surface area contributed by atoms with Crippen molar-refractivity contribution in [2.24, 2.45) is 0 Å². The summed E-state index contributed by atoms with van der Waals surface area (Å²) in [5.74, 6) is 0. The summed E-state index contributed by atoms with van der Waals surface area (Å²) in [6.45, 7) is 10.0. The number of hydrogen-bond acceptors (Lipinski definition) is 0. The van der Waals surface area contributed by atoms with Crippen molar-refractivity contribution in [2.45, 2.75) is 13.8 Å². The summed E-state index contributed by atoms with van der Waals surface area (Å²) in [6.07, 6.45) is 0. The minimum Gasteiger partial charge on any atom is -1.00 e. The van der Waals surface area contributed by atoms with Gasteiger partial charge in [-0.2, -0.15) is 0 Å². The minimum absolute atomic E-state index is 0. The molecule has 0 nitrogen and oxygen atoms in total. The van der Waals surface area contributed by atoms with E-state index in [0.717, 1.165) is 0 Å². The van der Waals surface area contributed by atoms with Gasteiger partial charge in [-0.15, -0.1) is 0 Å². The summed E-state index contributed by atoms with van der Waals surface area (Å²) < 4.78 is 0. The largest absolute Gasteiger partial charge is 1.00 e. The van der Waals surface area contributed by atoms with Crippen LogP contribution in [0.1, 0.15) is 13.8 Å². The van der Waals surface area contributed by atoms with E-state index in [-0.39, 0.29) is 40.9 Å².